The number of nitrogens with zero attached hydrogens (tertiary/aromatic N) is 3. The van der Waals surface area contributed by atoms with Crippen molar-refractivity contribution < 1.29 is 14.6 Å². The summed E-state index contributed by atoms with van der Waals surface area (Å²) in [7, 11) is 0. The number of amides is 1. The van der Waals surface area contributed by atoms with Crippen LogP contribution < -0.4 is 10.6 Å². The first kappa shape index (κ1) is 24.4. The van der Waals surface area contributed by atoms with E-state index in [1.54, 1.807) is 11.8 Å². The van der Waals surface area contributed by atoms with Gasteiger partial charge in [0.15, 0.2) is 5.96 Å². The van der Waals surface area contributed by atoms with Gasteiger partial charge in [0.1, 0.15) is 11.2 Å². The summed E-state index contributed by atoms with van der Waals surface area (Å²) in [6.07, 6.45) is -0.236. The predicted molar refractivity (Wildman–Crippen MR) is 122 cm³/mol. The highest BCUT2D eigenvalue weighted by atomic mass is 32.1. The second-order valence-electron chi connectivity index (χ2n) is 8.68. The fraction of sp³-hybridized carbons (Fsp3) is 0.714. The Balaban J connectivity index is 1.75. The number of thiophene rings is 1. The van der Waals surface area contributed by atoms with Gasteiger partial charge < -0.3 is 25.4 Å². The molecule has 0 aromatic carbocycles. The largest absolute Gasteiger partial charge is 0.444 e. The third-order valence-corrected chi connectivity index (χ3v) is 5.81. The van der Waals surface area contributed by atoms with Crippen LogP contribution in [-0.2, 0) is 10.3 Å². The summed E-state index contributed by atoms with van der Waals surface area (Å²) in [6, 6.07) is 3.86. The van der Waals surface area contributed by atoms with E-state index in [0.29, 0.717) is 19.0 Å². The van der Waals surface area contributed by atoms with Gasteiger partial charge in [-0.3, -0.25) is 4.90 Å². The molecule has 1 aliphatic heterocycles. The molecule has 0 aliphatic carbocycles. The average Bonchev–Trinajstić information content (AvgIpc) is 3.21. The molecule has 1 aliphatic rings. The number of carbonyl (C=O) groups excluding carboxylic acids is 1. The molecule has 1 amide bonds. The van der Waals surface area contributed by atoms with Gasteiger partial charge in [0.2, 0.25) is 0 Å². The Bertz CT molecular complexity index is 677. The van der Waals surface area contributed by atoms with E-state index >= 15 is 0 Å². The Morgan fingerprint density at radius 1 is 1.23 bits per heavy atom. The molecular weight excluding hydrogens is 402 g/mol. The summed E-state index contributed by atoms with van der Waals surface area (Å²) in [5.41, 5.74) is -1.44. The molecule has 2 heterocycles. The lowest BCUT2D eigenvalue weighted by Gasteiger charge is -2.35. The van der Waals surface area contributed by atoms with E-state index < -0.39 is 11.2 Å². The zero-order chi connectivity index (χ0) is 22.2. The van der Waals surface area contributed by atoms with E-state index in [9.17, 15) is 9.90 Å². The van der Waals surface area contributed by atoms with Gasteiger partial charge in [0.05, 0.1) is 6.54 Å². The van der Waals surface area contributed by atoms with Crippen LogP contribution in [0, 0.1) is 0 Å². The number of piperazine rings is 1. The van der Waals surface area contributed by atoms with Crippen molar-refractivity contribution in [3.05, 3.63) is 22.4 Å². The predicted octanol–water partition coefficient (Wildman–Crippen LogP) is 2.06. The number of carbonyl (C=O) groups is 1. The standard InChI is InChI=1S/C21H37N5O3S/c1-6-22-18(24-16-21(5,28)17-8-7-15-30-17)23-9-10-25-11-13-26(14-12-25)19(27)29-20(2,3)4/h7-8,15,28H,6,9-14,16H2,1-5H3,(H2,22,23,24). The van der Waals surface area contributed by atoms with Crippen LogP contribution in [0.1, 0.15) is 39.5 Å². The zero-order valence-electron chi connectivity index (χ0n) is 18.9. The third kappa shape index (κ3) is 8.12. The second-order valence-corrected chi connectivity index (χ2v) is 9.63. The van der Waals surface area contributed by atoms with Crippen molar-refractivity contribution in [2.24, 2.45) is 4.99 Å². The number of hydrogen-bond donors (Lipinski definition) is 3. The summed E-state index contributed by atoms with van der Waals surface area (Å²) < 4.78 is 5.45. The van der Waals surface area contributed by atoms with Crippen molar-refractivity contribution in [2.45, 2.75) is 45.8 Å². The molecule has 0 bridgehead atoms. The van der Waals surface area contributed by atoms with Crippen LogP contribution in [0.5, 0.6) is 0 Å². The van der Waals surface area contributed by atoms with Gasteiger partial charge >= 0.3 is 6.09 Å². The fourth-order valence-corrected chi connectivity index (χ4v) is 3.83. The molecule has 2 rings (SSSR count). The number of guanidine groups is 1. The number of aliphatic imine (C=N–C) groups is 1. The maximum atomic E-state index is 12.2. The lowest BCUT2D eigenvalue weighted by Crippen LogP contribution is -2.51. The SMILES string of the molecule is CCNC(=NCC(C)(O)c1cccs1)NCCN1CCN(C(=O)OC(C)(C)C)CC1. The molecule has 1 aromatic heterocycles. The first-order chi connectivity index (χ1) is 14.1. The Morgan fingerprint density at radius 3 is 2.50 bits per heavy atom. The minimum atomic E-state index is -0.978. The van der Waals surface area contributed by atoms with Gasteiger partial charge in [-0.2, -0.15) is 0 Å². The molecule has 170 valence electrons. The van der Waals surface area contributed by atoms with Crippen molar-refractivity contribution in [2.75, 3.05) is 52.4 Å². The topological polar surface area (TPSA) is 89.4 Å². The minimum absolute atomic E-state index is 0.236. The first-order valence-corrected chi connectivity index (χ1v) is 11.5. The molecular formula is C21H37N5O3S. The molecule has 30 heavy (non-hydrogen) atoms. The number of nitrogens with one attached hydrogen (secondary N) is 2. The van der Waals surface area contributed by atoms with Crippen LogP contribution in [0.25, 0.3) is 0 Å². The average molecular weight is 440 g/mol. The van der Waals surface area contributed by atoms with E-state index in [0.717, 1.165) is 37.6 Å². The summed E-state index contributed by atoms with van der Waals surface area (Å²) in [5, 5.41) is 19.2. The number of rotatable bonds is 7. The number of aliphatic hydroxyl groups is 1. The molecule has 3 N–H and O–H groups in total. The molecule has 9 heteroatoms. The molecule has 1 unspecified atom stereocenters. The maximum Gasteiger partial charge on any atom is 0.410 e. The molecule has 0 radical (unpaired) electrons. The molecule has 0 saturated carbocycles. The second kappa shape index (κ2) is 11.0. The Kier molecular flexibility index (Phi) is 8.93. The normalized spacial score (nSPS) is 18.1. The highest BCUT2D eigenvalue weighted by Gasteiger charge is 2.26. The van der Waals surface area contributed by atoms with Crippen molar-refractivity contribution in [1.29, 1.82) is 0 Å². The van der Waals surface area contributed by atoms with Crippen LogP contribution in [0.4, 0.5) is 4.79 Å². The molecule has 8 nitrogen and oxygen atoms in total. The van der Waals surface area contributed by atoms with Gasteiger partial charge in [-0.15, -0.1) is 11.3 Å². The molecule has 1 atom stereocenters. The van der Waals surface area contributed by atoms with Crippen LogP contribution in [0.15, 0.2) is 22.5 Å². The molecule has 0 spiro atoms. The molecule has 1 fully saturated rings. The maximum absolute atomic E-state index is 12.2. The first-order valence-electron chi connectivity index (χ1n) is 10.6. The van der Waals surface area contributed by atoms with Gasteiger partial charge in [0.25, 0.3) is 0 Å². The molecule has 1 aromatic rings. The summed E-state index contributed by atoms with van der Waals surface area (Å²) >= 11 is 1.53. The highest BCUT2D eigenvalue weighted by molar-refractivity contribution is 7.10. The van der Waals surface area contributed by atoms with Crippen molar-refractivity contribution in [3.63, 3.8) is 0 Å². The van der Waals surface area contributed by atoms with E-state index in [4.69, 9.17) is 4.74 Å². The van der Waals surface area contributed by atoms with Crippen molar-refractivity contribution in [3.8, 4) is 0 Å². The lowest BCUT2D eigenvalue weighted by molar-refractivity contribution is 0.0147. The summed E-state index contributed by atoms with van der Waals surface area (Å²) in [4.78, 5) is 21.7. The quantitative estimate of drug-likeness (QED) is 0.445. The number of ether oxygens (including phenoxy) is 1. The smallest absolute Gasteiger partial charge is 0.410 e. The van der Waals surface area contributed by atoms with Crippen molar-refractivity contribution in [1.82, 2.24) is 20.4 Å². The number of hydrogen-bond acceptors (Lipinski definition) is 6. The Morgan fingerprint density at radius 2 is 1.93 bits per heavy atom. The Labute approximate surface area is 184 Å². The third-order valence-electron chi connectivity index (χ3n) is 4.69. The van der Waals surface area contributed by atoms with Gasteiger partial charge in [-0.05, 0) is 46.1 Å². The fourth-order valence-electron chi connectivity index (χ4n) is 3.05. The van der Waals surface area contributed by atoms with E-state index in [1.165, 1.54) is 11.3 Å². The highest BCUT2D eigenvalue weighted by Crippen LogP contribution is 2.25. The summed E-state index contributed by atoms with van der Waals surface area (Å²) in [6.45, 7) is 15.1. The monoisotopic (exact) mass is 439 g/mol. The molecule has 1 saturated heterocycles. The van der Waals surface area contributed by atoms with Crippen LogP contribution in [0.3, 0.4) is 0 Å². The summed E-state index contributed by atoms with van der Waals surface area (Å²) in [5.74, 6) is 0.696. The zero-order valence-corrected chi connectivity index (χ0v) is 19.7. The van der Waals surface area contributed by atoms with E-state index in [2.05, 4.69) is 20.5 Å². The van der Waals surface area contributed by atoms with Gasteiger partial charge in [0, 0.05) is 50.7 Å². The van der Waals surface area contributed by atoms with Crippen molar-refractivity contribution >= 4 is 23.4 Å². The van der Waals surface area contributed by atoms with E-state index in [1.807, 2.05) is 45.2 Å². The van der Waals surface area contributed by atoms with Crippen LogP contribution in [0.2, 0.25) is 0 Å². The van der Waals surface area contributed by atoms with Gasteiger partial charge in [-0.1, -0.05) is 6.07 Å². The minimum Gasteiger partial charge on any atom is -0.444 e. The van der Waals surface area contributed by atoms with Crippen LogP contribution in [-0.4, -0.2) is 84.9 Å². The van der Waals surface area contributed by atoms with Gasteiger partial charge in [-0.25, -0.2) is 9.79 Å². The van der Waals surface area contributed by atoms with E-state index in [-0.39, 0.29) is 12.6 Å². The lowest BCUT2D eigenvalue weighted by atomic mass is 10.1. The van der Waals surface area contributed by atoms with Crippen LogP contribution >= 0.6 is 11.3 Å². The Hall–Kier alpha value is -1.84.